The number of likely N-dealkylation sites (tertiary alicyclic amines) is 1. The van der Waals surface area contributed by atoms with Gasteiger partial charge in [-0.25, -0.2) is 9.59 Å². The van der Waals surface area contributed by atoms with E-state index in [1.54, 1.807) is 24.3 Å². The van der Waals surface area contributed by atoms with E-state index in [9.17, 15) is 14.4 Å². The summed E-state index contributed by atoms with van der Waals surface area (Å²) >= 11 is 0. The second-order valence-corrected chi connectivity index (χ2v) is 8.17. The Kier molecular flexibility index (Phi) is 5.79. The second kappa shape index (κ2) is 8.67. The van der Waals surface area contributed by atoms with Crippen LogP contribution in [0.3, 0.4) is 0 Å². The summed E-state index contributed by atoms with van der Waals surface area (Å²) in [5.74, 6) is -0.0390. The number of urea groups is 1. The van der Waals surface area contributed by atoms with Gasteiger partial charge in [-0.1, -0.05) is 12.1 Å². The number of fused-ring (bicyclic) bond motifs is 1. The van der Waals surface area contributed by atoms with E-state index in [0.717, 1.165) is 23.9 Å². The first kappa shape index (κ1) is 20.7. The Hall–Kier alpha value is -3.55. The predicted molar refractivity (Wildman–Crippen MR) is 120 cm³/mol. The van der Waals surface area contributed by atoms with Gasteiger partial charge >= 0.3 is 11.7 Å². The van der Waals surface area contributed by atoms with Crippen molar-refractivity contribution >= 4 is 28.7 Å². The highest BCUT2D eigenvalue weighted by atomic mass is 16.2. The number of piperidine rings is 1. The van der Waals surface area contributed by atoms with Crippen molar-refractivity contribution in [2.24, 2.45) is 0 Å². The van der Waals surface area contributed by atoms with Crippen molar-refractivity contribution in [3.63, 3.8) is 0 Å². The lowest BCUT2D eigenvalue weighted by Gasteiger charge is -2.32. The maximum Gasteiger partial charge on any atom is 0.326 e. The van der Waals surface area contributed by atoms with E-state index < -0.39 is 0 Å². The molecular weight excluding hydrogens is 394 g/mol. The molecule has 3 N–H and O–H groups in total. The van der Waals surface area contributed by atoms with Gasteiger partial charge in [0.05, 0.1) is 11.0 Å². The van der Waals surface area contributed by atoms with Crippen LogP contribution in [0.25, 0.3) is 11.0 Å². The quantitative estimate of drug-likeness (QED) is 0.602. The number of H-pyrrole nitrogens is 1. The van der Waals surface area contributed by atoms with Crippen LogP contribution in [0.1, 0.15) is 43.1 Å². The normalized spacial score (nSPS) is 14.7. The predicted octanol–water partition coefficient (Wildman–Crippen LogP) is 3.34. The lowest BCUT2D eigenvalue weighted by atomic mass is 10.0. The third-order valence-electron chi connectivity index (χ3n) is 5.55. The zero-order chi connectivity index (χ0) is 22.0. The minimum Gasteiger partial charge on any atom is -0.338 e. The van der Waals surface area contributed by atoms with Crippen molar-refractivity contribution in [3.05, 3.63) is 64.6 Å². The van der Waals surface area contributed by atoms with Crippen molar-refractivity contribution < 1.29 is 9.59 Å². The van der Waals surface area contributed by atoms with E-state index in [0.29, 0.717) is 24.3 Å². The molecule has 3 amide bonds. The Morgan fingerprint density at radius 2 is 1.71 bits per heavy atom. The van der Waals surface area contributed by atoms with Gasteiger partial charge in [0.25, 0.3) is 5.91 Å². The molecule has 0 radical (unpaired) electrons. The topological polar surface area (TPSA) is 99.2 Å². The molecule has 0 unspecified atom stereocenters. The van der Waals surface area contributed by atoms with E-state index >= 15 is 0 Å². The largest absolute Gasteiger partial charge is 0.338 e. The van der Waals surface area contributed by atoms with Gasteiger partial charge in [-0.3, -0.25) is 9.36 Å². The van der Waals surface area contributed by atoms with E-state index in [-0.39, 0.29) is 29.7 Å². The van der Waals surface area contributed by atoms with Crippen molar-refractivity contribution in [3.8, 4) is 0 Å². The Morgan fingerprint density at radius 3 is 2.39 bits per heavy atom. The number of anilines is 1. The number of nitrogens with zero attached hydrogens (tertiary/aromatic N) is 2. The molecule has 0 atom stereocenters. The molecule has 2 aromatic carbocycles. The monoisotopic (exact) mass is 421 g/mol. The number of imidazole rings is 1. The van der Waals surface area contributed by atoms with Crippen LogP contribution >= 0.6 is 0 Å². The Bertz CT molecular complexity index is 1140. The van der Waals surface area contributed by atoms with Crippen LogP contribution in [0.5, 0.6) is 0 Å². The number of para-hydroxylation sites is 2. The maximum atomic E-state index is 12.9. The number of carbonyl (C=O) groups excluding carboxylic acids is 2. The number of aromatic nitrogens is 2. The first-order valence-electron chi connectivity index (χ1n) is 10.6. The second-order valence-electron chi connectivity index (χ2n) is 8.17. The number of hydrogen-bond acceptors (Lipinski definition) is 3. The fourth-order valence-corrected chi connectivity index (χ4v) is 4.07. The molecule has 4 rings (SSSR count). The van der Waals surface area contributed by atoms with Crippen LogP contribution in [-0.4, -0.2) is 45.5 Å². The highest BCUT2D eigenvalue weighted by Crippen LogP contribution is 2.26. The van der Waals surface area contributed by atoms with Gasteiger partial charge in [0.15, 0.2) is 0 Å². The molecule has 31 heavy (non-hydrogen) atoms. The van der Waals surface area contributed by atoms with Gasteiger partial charge in [-0.2, -0.15) is 0 Å². The zero-order valence-corrected chi connectivity index (χ0v) is 17.7. The van der Waals surface area contributed by atoms with Crippen molar-refractivity contribution in [1.82, 2.24) is 19.8 Å². The van der Waals surface area contributed by atoms with Gasteiger partial charge < -0.3 is 20.5 Å². The van der Waals surface area contributed by atoms with E-state index in [2.05, 4.69) is 15.6 Å². The van der Waals surface area contributed by atoms with Crippen LogP contribution in [0, 0.1) is 0 Å². The molecule has 1 aliphatic rings. The number of benzene rings is 2. The molecule has 1 aliphatic heterocycles. The standard InChI is InChI=1S/C23H27N5O3/c1-15(2)24-22(30)25-17-9-7-16(8-10-17)21(29)27-13-11-18(12-14-27)28-20-6-4-3-5-19(20)26-23(28)31/h3-10,15,18H,11-14H2,1-2H3,(H,26,31)(H2,24,25,30). The third kappa shape index (κ3) is 4.47. The summed E-state index contributed by atoms with van der Waals surface area (Å²) in [6.45, 7) is 4.96. The first-order chi connectivity index (χ1) is 14.9. The summed E-state index contributed by atoms with van der Waals surface area (Å²) < 4.78 is 1.82. The van der Waals surface area contributed by atoms with Crippen molar-refractivity contribution in [2.45, 2.75) is 38.8 Å². The summed E-state index contributed by atoms with van der Waals surface area (Å²) in [5, 5.41) is 5.51. The SMILES string of the molecule is CC(C)NC(=O)Nc1ccc(C(=O)N2CCC(n3c(=O)[nH]c4ccccc43)CC2)cc1. The molecule has 8 heteroatoms. The summed E-state index contributed by atoms with van der Waals surface area (Å²) in [4.78, 5) is 41.9. The van der Waals surface area contributed by atoms with Crippen LogP contribution < -0.4 is 16.3 Å². The zero-order valence-electron chi connectivity index (χ0n) is 17.7. The van der Waals surface area contributed by atoms with Crippen molar-refractivity contribution in [2.75, 3.05) is 18.4 Å². The molecule has 0 saturated carbocycles. The minimum atomic E-state index is -0.274. The van der Waals surface area contributed by atoms with Crippen LogP contribution in [0.2, 0.25) is 0 Å². The summed E-state index contributed by atoms with van der Waals surface area (Å²) in [6, 6.07) is 14.4. The van der Waals surface area contributed by atoms with E-state index in [4.69, 9.17) is 0 Å². The molecule has 162 valence electrons. The number of nitrogens with one attached hydrogen (secondary N) is 3. The molecule has 0 spiro atoms. The molecule has 1 fully saturated rings. The van der Waals surface area contributed by atoms with Crippen molar-refractivity contribution in [1.29, 1.82) is 0 Å². The van der Waals surface area contributed by atoms with Gasteiger partial charge in [-0.15, -0.1) is 0 Å². The fourth-order valence-electron chi connectivity index (χ4n) is 4.07. The molecule has 0 bridgehead atoms. The average molecular weight is 422 g/mol. The summed E-state index contributed by atoms with van der Waals surface area (Å²) in [5.41, 5.74) is 2.85. The number of amides is 3. The summed E-state index contributed by atoms with van der Waals surface area (Å²) in [6.07, 6.45) is 1.45. The fraction of sp³-hybridized carbons (Fsp3) is 0.348. The molecule has 2 heterocycles. The first-order valence-corrected chi connectivity index (χ1v) is 10.6. The van der Waals surface area contributed by atoms with E-state index in [1.807, 2.05) is 47.6 Å². The molecule has 8 nitrogen and oxygen atoms in total. The lowest BCUT2D eigenvalue weighted by molar-refractivity contribution is 0.0695. The van der Waals surface area contributed by atoms with Crippen LogP contribution in [0.15, 0.2) is 53.3 Å². The van der Waals surface area contributed by atoms with Gasteiger partial charge in [0, 0.05) is 36.4 Å². The van der Waals surface area contributed by atoms with Crippen LogP contribution in [0.4, 0.5) is 10.5 Å². The molecule has 1 aromatic heterocycles. The maximum absolute atomic E-state index is 12.9. The lowest BCUT2D eigenvalue weighted by Crippen LogP contribution is -2.40. The molecular formula is C23H27N5O3. The van der Waals surface area contributed by atoms with Gasteiger partial charge in [0.2, 0.25) is 0 Å². The Morgan fingerprint density at radius 1 is 1.03 bits per heavy atom. The number of carbonyl (C=O) groups is 2. The van der Waals surface area contributed by atoms with Crippen LogP contribution in [-0.2, 0) is 0 Å². The van der Waals surface area contributed by atoms with Gasteiger partial charge in [-0.05, 0) is 63.1 Å². The Labute approximate surface area is 180 Å². The smallest absolute Gasteiger partial charge is 0.326 e. The highest BCUT2D eigenvalue weighted by molar-refractivity contribution is 5.95. The number of rotatable bonds is 4. The average Bonchev–Trinajstić information content (AvgIpc) is 3.09. The third-order valence-corrected chi connectivity index (χ3v) is 5.55. The minimum absolute atomic E-state index is 0.0390. The Balaban J connectivity index is 1.38. The molecule has 3 aromatic rings. The van der Waals surface area contributed by atoms with E-state index in [1.165, 1.54) is 0 Å². The number of aromatic amines is 1. The highest BCUT2D eigenvalue weighted by Gasteiger charge is 2.26. The van der Waals surface area contributed by atoms with Gasteiger partial charge in [0.1, 0.15) is 0 Å². The summed E-state index contributed by atoms with van der Waals surface area (Å²) in [7, 11) is 0. The number of hydrogen-bond donors (Lipinski definition) is 3. The molecule has 1 saturated heterocycles. The molecule has 0 aliphatic carbocycles.